The Hall–Kier alpha value is -1.20. The molecule has 0 aliphatic heterocycles. The summed E-state index contributed by atoms with van der Waals surface area (Å²) in [7, 11) is -6.95. The van der Waals surface area contributed by atoms with Gasteiger partial charge in [-0.25, -0.2) is 0 Å². The standard InChI is InChI=1S/C7H8N2.C7H14O6S2/c8-5-3-7(1-2-7)4-6-9;1-14(8,9)12-5-7(3-4-7)6-13-15(2,10)11/h1-4H2;3-6H2,1-2H3. The summed E-state index contributed by atoms with van der Waals surface area (Å²) in [5.41, 5.74) is -0.310. The Balaban J connectivity index is 0.000000272. The molecular weight excluding hydrogens is 356 g/mol. The van der Waals surface area contributed by atoms with E-state index >= 15 is 0 Å². The summed E-state index contributed by atoms with van der Waals surface area (Å²) in [6.45, 7) is -0.0251. The Bertz CT molecular complexity index is 666. The Morgan fingerprint density at radius 1 is 0.792 bits per heavy atom. The number of hydrogen-bond acceptors (Lipinski definition) is 8. The molecule has 0 saturated heterocycles. The molecule has 0 atom stereocenters. The number of rotatable bonds is 8. The van der Waals surface area contributed by atoms with E-state index in [0.29, 0.717) is 12.8 Å². The quantitative estimate of drug-likeness (QED) is 0.577. The first-order chi connectivity index (χ1) is 10.9. The van der Waals surface area contributed by atoms with Crippen molar-refractivity contribution in [3.05, 3.63) is 0 Å². The van der Waals surface area contributed by atoms with Crippen LogP contribution in [0.5, 0.6) is 0 Å². The van der Waals surface area contributed by atoms with Crippen molar-refractivity contribution in [2.24, 2.45) is 10.8 Å². The van der Waals surface area contributed by atoms with Crippen molar-refractivity contribution in [1.29, 1.82) is 10.5 Å². The molecule has 0 radical (unpaired) electrons. The zero-order valence-electron chi connectivity index (χ0n) is 13.8. The maximum atomic E-state index is 10.7. The highest BCUT2D eigenvalue weighted by Crippen LogP contribution is 2.51. The van der Waals surface area contributed by atoms with Crippen LogP contribution in [0.3, 0.4) is 0 Å². The lowest BCUT2D eigenvalue weighted by Gasteiger charge is -2.13. The minimum atomic E-state index is -3.48. The van der Waals surface area contributed by atoms with Gasteiger partial charge in [-0.2, -0.15) is 27.4 Å². The first kappa shape index (κ1) is 20.8. The third-order valence-electron chi connectivity index (χ3n) is 3.98. The van der Waals surface area contributed by atoms with Gasteiger partial charge in [0.05, 0.1) is 37.9 Å². The number of nitriles is 2. The second-order valence-corrected chi connectivity index (χ2v) is 9.89. The van der Waals surface area contributed by atoms with E-state index in [1.165, 1.54) is 0 Å². The SMILES string of the molecule is CS(=O)(=O)OCC1(COS(C)(=O)=O)CC1.N#CCC1(CC#N)CC1. The minimum absolute atomic E-state index is 0.0125. The van der Waals surface area contributed by atoms with Crippen LogP contribution in [0, 0.1) is 33.5 Å². The third kappa shape index (κ3) is 8.60. The molecule has 0 heterocycles. The second-order valence-electron chi connectivity index (χ2n) is 6.60. The third-order valence-corrected chi connectivity index (χ3v) is 5.07. The van der Waals surface area contributed by atoms with Crippen molar-refractivity contribution in [3.8, 4) is 12.1 Å². The lowest BCUT2D eigenvalue weighted by Crippen LogP contribution is -2.21. The molecule has 0 N–H and O–H groups in total. The van der Waals surface area contributed by atoms with Gasteiger partial charge in [0.2, 0.25) is 0 Å². The molecule has 0 spiro atoms. The number of nitrogens with zero attached hydrogens (tertiary/aromatic N) is 2. The van der Waals surface area contributed by atoms with Gasteiger partial charge in [-0.05, 0) is 31.1 Å². The van der Waals surface area contributed by atoms with Crippen LogP contribution in [0.15, 0.2) is 0 Å². The van der Waals surface area contributed by atoms with Crippen molar-refractivity contribution in [3.63, 3.8) is 0 Å². The van der Waals surface area contributed by atoms with Gasteiger partial charge >= 0.3 is 0 Å². The van der Waals surface area contributed by atoms with E-state index in [1.54, 1.807) is 0 Å². The van der Waals surface area contributed by atoms with E-state index in [0.717, 1.165) is 38.2 Å². The molecule has 0 bridgehead atoms. The maximum absolute atomic E-state index is 10.7. The smallest absolute Gasteiger partial charge is 0.264 e. The van der Waals surface area contributed by atoms with Gasteiger partial charge in [-0.3, -0.25) is 8.37 Å². The zero-order valence-corrected chi connectivity index (χ0v) is 15.5. The normalized spacial score (nSPS) is 20.0. The van der Waals surface area contributed by atoms with Gasteiger partial charge in [0.1, 0.15) is 0 Å². The van der Waals surface area contributed by atoms with E-state index in [-0.39, 0.29) is 18.6 Å². The molecule has 136 valence electrons. The fraction of sp³-hybridized carbons (Fsp3) is 0.857. The van der Waals surface area contributed by atoms with Crippen LogP contribution in [-0.2, 0) is 28.6 Å². The van der Waals surface area contributed by atoms with Crippen LogP contribution in [0.4, 0.5) is 0 Å². The Morgan fingerprint density at radius 2 is 1.12 bits per heavy atom. The summed E-state index contributed by atoms with van der Waals surface area (Å²) in [5.74, 6) is 0. The van der Waals surface area contributed by atoms with Crippen molar-refractivity contribution in [1.82, 2.24) is 0 Å². The van der Waals surface area contributed by atoms with Gasteiger partial charge in [-0.1, -0.05) is 0 Å². The van der Waals surface area contributed by atoms with Crippen molar-refractivity contribution < 1.29 is 25.2 Å². The van der Waals surface area contributed by atoms with E-state index in [1.807, 2.05) is 0 Å². The highest BCUT2D eigenvalue weighted by atomic mass is 32.2. The molecule has 24 heavy (non-hydrogen) atoms. The molecule has 0 aromatic carbocycles. The van der Waals surface area contributed by atoms with Crippen LogP contribution in [0.1, 0.15) is 38.5 Å². The summed E-state index contributed by atoms with van der Waals surface area (Å²) in [4.78, 5) is 0. The van der Waals surface area contributed by atoms with Gasteiger partial charge in [0, 0.05) is 18.3 Å². The van der Waals surface area contributed by atoms with E-state index in [9.17, 15) is 16.8 Å². The Kier molecular flexibility index (Phi) is 6.76. The summed E-state index contributed by atoms with van der Waals surface area (Å²) in [5, 5.41) is 16.6. The minimum Gasteiger partial charge on any atom is -0.270 e. The van der Waals surface area contributed by atoms with E-state index in [4.69, 9.17) is 10.5 Å². The first-order valence-electron chi connectivity index (χ1n) is 7.38. The molecule has 2 fully saturated rings. The van der Waals surface area contributed by atoms with Gasteiger partial charge in [0.15, 0.2) is 0 Å². The number of hydrogen-bond donors (Lipinski definition) is 0. The fourth-order valence-electron chi connectivity index (χ4n) is 1.90. The van der Waals surface area contributed by atoms with Crippen molar-refractivity contribution in [2.45, 2.75) is 38.5 Å². The molecule has 2 aliphatic rings. The molecule has 10 heteroatoms. The highest BCUT2D eigenvalue weighted by Gasteiger charge is 2.45. The molecule has 0 aromatic heterocycles. The molecule has 2 saturated carbocycles. The molecule has 0 aromatic rings. The summed E-state index contributed by atoms with van der Waals surface area (Å²) in [6, 6.07) is 4.21. The van der Waals surface area contributed by atoms with Crippen molar-refractivity contribution in [2.75, 3.05) is 25.7 Å². The monoisotopic (exact) mass is 378 g/mol. The predicted molar refractivity (Wildman–Crippen MR) is 85.4 cm³/mol. The van der Waals surface area contributed by atoms with Crippen LogP contribution < -0.4 is 0 Å². The summed E-state index contributed by atoms with van der Waals surface area (Å²) in [6.07, 6.45) is 6.65. The first-order valence-corrected chi connectivity index (χ1v) is 11.0. The Labute approximate surface area is 143 Å². The molecule has 2 aliphatic carbocycles. The van der Waals surface area contributed by atoms with E-state index in [2.05, 4.69) is 20.5 Å². The topological polar surface area (TPSA) is 134 Å². The van der Waals surface area contributed by atoms with Crippen LogP contribution in [0.25, 0.3) is 0 Å². The average Bonchev–Trinajstić information content (AvgIpc) is 3.33. The maximum Gasteiger partial charge on any atom is 0.264 e. The van der Waals surface area contributed by atoms with Crippen LogP contribution in [0.2, 0.25) is 0 Å². The van der Waals surface area contributed by atoms with Gasteiger partial charge in [0.25, 0.3) is 20.2 Å². The van der Waals surface area contributed by atoms with Gasteiger partial charge in [-0.15, -0.1) is 0 Å². The van der Waals surface area contributed by atoms with Gasteiger partial charge < -0.3 is 0 Å². The largest absolute Gasteiger partial charge is 0.270 e. The molecule has 0 amide bonds. The average molecular weight is 378 g/mol. The lowest BCUT2D eigenvalue weighted by atomic mass is 10.0. The predicted octanol–water partition coefficient (Wildman–Crippen LogP) is 1.31. The summed E-state index contributed by atoms with van der Waals surface area (Å²) < 4.78 is 52.1. The van der Waals surface area contributed by atoms with Crippen LogP contribution in [-0.4, -0.2) is 42.6 Å². The Morgan fingerprint density at radius 3 is 1.33 bits per heavy atom. The highest BCUT2D eigenvalue weighted by molar-refractivity contribution is 7.86. The van der Waals surface area contributed by atoms with E-state index < -0.39 is 25.7 Å². The molecule has 0 unspecified atom stereocenters. The second kappa shape index (κ2) is 7.79. The molecular formula is C14H22N2O6S2. The molecule has 2 rings (SSSR count). The fourth-order valence-corrected chi connectivity index (χ4v) is 2.83. The lowest BCUT2D eigenvalue weighted by molar-refractivity contribution is 0.170. The van der Waals surface area contributed by atoms with Crippen molar-refractivity contribution >= 4 is 20.2 Å². The summed E-state index contributed by atoms with van der Waals surface area (Å²) >= 11 is 0. The molecule has 8 nitrogen and oxygen atoms in total. The van der Waals surface area contributed by atoms with Crippen LogP contribution >= 0.6 is 0 Å². The zero-order chi connectivity index (χ0) is 18.5.